The highest BCUT2D eigenvalue weighted by Gasteiger charge is 2.15. The van der Waals surface area contributed by atoms with Gasteiger partial charge in [-0.1, -0.05) is 24.3 Å². The fourth-order valence-corrected chi connectivity index (χ4v) is 3.95. The first kappa shape index (κ1) is 21.5. The molecule has 5 rings (SSSR count). The topological polar surface area (TPSA) is 105 Å². The van der Waals surface area contributed by atoms with Crippen LogP contribution < -0.4 is 20.1 Å². The molecule has 1 aliphatic rings. The first-order chi connectivity index (χ1) is 16.5. The van der Waals surface area contributed by atoms with E-state index in [0.717, 1.165) is 39.7 Å². The zero-order chi connectivity index (χ0) is 23.5. The predicted octanol–water partition coefficient (Wildman–Crippen LogP) is 4.53. The molecule has 0 radical (unpaired) electrons. The standard InChI is InChI=1S/C26H24N4O4/c1-16(31)27-20-5-2-4-18(14-20)19-7-8-22-21(15-19)26(30-29-22)28-25(32)13-17-6-9-23-24(12-17)34-11-3-10-33-23/h2,4-9,12,14-15H,3,10-11,13H2,1H3,(H,27,31)(H2,28,29,30,32). The molecular formula is C26H24N4O4. The average molecular weight is 457 g/mol. The summed E-state index contributed by atoms with van der Waals surface area (Å²) in [4.78, 5) is 24.2. The number of fused-ring (bicyclic) bond motifs is 2. The van der Waals surface area contributed by atoms with Gasteiger partial charge in [0.1, 0.15) is 0 Å². The Hall–Kier alpha value is -4.33. The Bertz CT molecular complexity index is 1380. The molecule has 0 aliphatic carbocycles. The molecule has 4 aromatic rings. The van der Waals surface area contributed by atoms with Gasteiger partial charge in [-0.2, -0.15) is 5.10 Å². The summed E-state index contributed by atoms with van der Waals surface area (Å²) in [6.07, 6.45) is 1.01. The number of nitrogens with zero attached hydrogens (tertiary/aromatic N) is 1. The third kappa shape index (κ3) is 4.71. The lowest BCUT2D eigenvalue weighted by Crippen LogP contribution is -2.15. The summed E-state index contributed by atoms with van der Waals surface area (Å²) >= 11 is 0. The van der Waals surface area contributed by atoms with Gasteiger partial charge < -0.3 is 20.1 Å². The van der Waals surface area contributed by atoms with E-state index in [1.165, 1.54) is 6.92 Å². The zero-order valence-corrected chi connectivity index (χ0v) is 18.7. The zero-order valence-electron chi connectivity index (χ0n) is 18.7. The molecule has 0 saturated carbocycles. The lowest BCUT2D eigenvalue weighted by atomic mass is 10.0. The summed E-state index contributed by atoms with van der Waals surface area (Å²) in [7, 11) is 0. The van der Waals surface area contributed by atoms with Gasteiger partial charge in [0.25, 0.3) is 0 Å². The molecule has 0 atom stereocenters. The molecule has 2 amide bonds. The van der Waals surface area contributed by atoms with Crippen LogP contribution in [0.1, 0.15) is 18.9 Å². The van der Waals surface area contributed by atoms with Gasteiger partial charge in [0.2, 0.25) is 11.8 Å². The number of amides is 2. The monoisotopic (exact) mass is 456 g/mol. The van der Waals surface area contributed by atoms with Crippen LogP contribution in [0.25, 0.3) is 22.0 Å². The molecule has 172 valence electrons. The smallest absolute Gasteiger partial charge is 0.230 e. The molecular weight excluding hydrogens is 432 g/mol. The lowest BCUT2D eigenvalue weighted by molar-refractivity contribution is -0.116. The van der Waals surface area contributed by atoms with Crippen LogP contribution in [0.3, 0.4) is 0 Å². The Morgan fingerprint density at radius 3 is 2.62 bits per heavy atom. The minimum absolute atomic E-state index is 0.124. The molecule has 0 bridgehead atoms. The van der Waals surface area contributed by atoms with Gasteiger partial charge in [-0.15, -0.1) is 0 Å². The number of anilines is 2. The van der Waals surface area contributed by atoms with E-state index in [4.69, 9.17) is 9.47 Å². The summed E-state index contributed by atoms with van der Waals surface area (Å²) in [5, 5.41) is 13.8. The summed E-state index contributed by atoms with van der Waals surface area (Å²) < 4.78 is 11.4. The maximum atomic E-state index is 12.8. The van der Waals surface area contributed by atoms with E-state index in [9.17, 15) is 9.59 Å². The Morgan fingerprint density at radius 1 is 0.941 bits per heavy atom. The summed E-state index contributed by atoms with van der Waals surface area (Å²) in [6.45, 7) is 2.70. The summed E-state index contributed by atoms with van der Waals surface area (Å²) in [5.41, 5.74) is 4.25. The minimum Gasteiger partial charge on any atom is -0.490 e. The summed E-state index contributed by atoms with van der Waals surface area (Å²) in [6, 6.07) is 19.0. The van der Waals surface area contributed by atoms with Gasteiger partial charge >= 0.3 is 0 Å². The number of carbonyl (C=O) groups is 2. The molecule has 0 spiro atoms. The van der Waals surface area contributed by atoms with Crippen LogP contribution in [-0.4, -0.2) is 35.2 Å². The van der Waals surface area contributed by atoms with Crippen LogP contribution in [0, 0.1) is 0 Å². The van der Waals surface area contributed by atoms with Crippen LogP contribution in [0.15, 0.2) is 60.7 Å². The molecule has 1 aliphatic heterocycles. The number of carbonyl (C=O) groups excluding carboxylic acids is 2. The number of aromatic nitrogens is 2. The normalized spacial score (nSPS) is 12.7. The van der Waals surface area contributed by atoms with Crippen molar-refractivity contribution in [2.45, 2.75) is 19.8 Å². The molecule has 0 unspecified atom stereocenters. The van der Waals surface area contributed by atoms with Crippen LogP contribution in [0.4, 0.5) is 11.5 Å². The van der Waals surface area contributed by atoms with E-state index < -0.39 is 0 Å². The average Bonchev–Trinajstić information content (AvgIpc) is 3.05. The van der Waals surface area contributed by atoms with E-state index in [1.807, 2.05) is 60.7 Å². The van der Waals surface area contributed by atoms with Crippen molar-refractivity contribution in [3.05, 3.63) is 66.2 Å². The SMILES string of the molecule is CC(=O)Nc1cccc(-c2ccc3[nH]nc(NC(=O)Cc4ccc5c(c4)OCCCO5)c3c2)c1. The number of H-pyrrole nitrogens is 1. The molecule has 8 heteroatoms. The van der Waals surface area contributed by atoms with Crippen molar-refractivity contribution in [2.75, 3.05) is 23.8 Å². The number of hydrogen-bond donors (Lipinski definition) is 3. The van der Waals surface area contributed by atoms with Gasteiger partial charge in [0.05, 0.1) is 25.2 Å². The molecule has 0 fully saturated rings. The van der Waals surface area contributed by atoms with Crippen LogP contribution in [0.5, 0.6) is 11.5 Å². The summed E-state index contributed by atoms with van der Waals surface area (Å²) in [5.74, 6) is 1.53. The number of ether oxygens (including phenoxy) is 2. The van der Waals surface area contributed by atoms with Gasteiger partial charge in [-0.3, -0.25) is 14.7 Å². The lowest BCUT2D eigenvalue weighted by Gasteiger charge is -2.09. The Kier molecular flexibility index (Phi) is 5.86. The maximum absolute atomic E-state index is 12.8. The number of aromatic amines is 1. The molecule has 0 saturated heterocycles. The van der Waals surface area contributed by atoms with Crippen molar-refractivity contribution >= 4 is 34.2 Å². The third-order valence-electron chi connectivity index (χ3n) is 5.51. The van der Waals surface area contributed by atoms with Gasteiger partial charge in [0.15, 0.2) is 17.3 Å². The number of rotatable bonds is 5. The quantitative estimate of drug-likeness (QED) is 0.409. The highest BCUT2D eigenvalue weighted by atomic mass is 16.5. The predicted molar refractivity (Wildman–Crippen MR) is 130 cm³/mol. The fraction of sp³-hybridized carbons (Fsp3) is 0.192. The van der Waals surface area contributed by atoms with E-state index >= 15 is 0 Å². The number of hydrogen-bond acceptors (Lipinski definition) is 5. The minimum atomic E-state index is -0.180. The molecule has 3 N–H and O–H groups in total. The largest absolute Gasteiger partial charge is 0.490 e. The molecule has 1 aromatic heterocycles. The van der Waals surface area contributed by atoms with Crippen molar-refractivity contribution in [1.82, 2.24) is 10.2 Å². The molecule has 3 aromatic carbocycles. The van der Waals surface area contributed by atoms with Crippen molar-refractivity contribution in [2.24, 2.45) is 0 Å². The van der Waals surface area contributed by atoms with E-state index in [0.29, 0.717) is 30.5 Å². The van der Waals surface area contributed by atoms with Crippen LogP contribution in [-0.2, 0) is 16.0 Å². The highest BCUT2D eigenvalue weighted by Crippen LogP contribution is 2.31. The molecule has 8 nitrogen and oxygen atoms in total. The Labute approximate surface area is 196 Å². The van der Waals surface area contributed by atoms with Crippen molar-refractivity contribution in [1.29, 1.82) is 0 Å². The van der Waals surface area contributed by atoms with Crippen molar-refractivity contribution < 1.29 is 19.1 Å². The van der Waals surface area contributed by atoms with Crippen LogP contribution >= 0.6 is 0 Å². The second-order valence-electron chi connectivity index (χ2n) is 8.15. The molecule has 34 heavy (non-hydrogen) atoms. The van der Waals surface area contributed by atoms with Gasteiger partial charge in [0, 0.05) is 24.4 Å². The maximum Gasteiger partial charge on any atom is 0.230 e. The van der Waals surface area contributed by atoms with Crippen molar-refractivity contribution in [3.8, 4) is 22.6 Å². The Morgan fingerprint density at radius 2 is 1.76 bits per heavy atom. The van der Waals surface area contributed by atoms with Gasteiger partial charge in [-0.05, 0) is 53.1 Å². The van der Waals surface area contributed by atoms with Gasteiger partial charge in [-0.25, -0.2) is 0 Å². The fourth-order valence-electron chi connectivity index (χ4n) is 3.95. The van der Waals surface area contributed by atoms with E-state index in [1.54, 1.807) is 0 Å². The number of benzene rings is 3. The molecule has 2 heterocycles. The first-order valence-electron chi connectivity index (χ1n) is 11.1. The first-order valence-corrected chi connectivity index (χ1v) is 11.1. The second kappa shape index (κ2) is 9.27. The van der Waals surface area contributed by atoms with E-state index in [-0.39, 0.29) is 18.2 Å². The number of nitrogens with one attached hydrogen (secondary N) is 3. The Balaban J connectivity index is 1.35. The van der Waals surface area contributed by atoms with Crippen molar-refractivity contribution in [3.63, 3.8) is 0 Å². The highest BCUT2D eigenvalue weighted by molar-refractivity contribution is 6.01. The van der Waals surface area contributed by atoms with E-state index in [2.05, 4.69) is 20.8 Å². The second-order valence-corrected chi connectivity index (χ2v) is 8.15. The van der Waals surface area contributed by atoms with Crippen LogP contribution in [0.2, 0.25) is 0 Å². The third-order valence-corrected chi connectivity index (χ3v) is 5.51.